The molecule has 0 aliphatic heterocycles. The summed E-state index contributed by atoms with van der Waals surface area (Å²) in [5, 5.41) is 11.5. The van der Waals surface area contributed by atoms with Gasteiger partial charge in [-0.25, -0.2) is 4.98 Å². The Kier molecular flexibility index (Phi) is 4.03. The predicted octanol–water partition coefficient (Wildman–Crippen LogP) is 2.26. The van der Waals surface area contributed by atoms with Crippen molar-refractivity contribution in [2.24, 2.45) is 0 Å². The van der Waals surface area contributed by atoms with Gasteiger partial charge < -0.3 is 5.32 Å². The summed E-state index contributed by atoms with van der Waals surface area (Å²) in [7, 11) is 0. The van der Waals surface area contributed by atoms with Crippen LogP contribution in [0.1, 0.15) is 29.9 Å². The van der Waals surface area contributed by atoms with E-state index in [-0.39, 0.29) is 16.6 Å². The van der Waals surface area contributed by atoms with E-state index in [1.54, 1.807) is 13.0 Å². The highest BCUT2D eigenvalue weighted by atomic mass is 35.5. The van der Waals surface area contributed by atoms with Gasteiger partial charge in [0.2, 0.25) is 0 Å². The maximum Gasteiger partial charge on any atom is 0.257 e. The van der Waals surface area contributed by atoms with Crippen LogP contribution in [-0.4, -0.2) is 10.9 Å². The molecule has 0 saturated heterocycles. The normalized spacial score (nSPS) is 10.8. The molecule has 0 aliphatic carbocycles. The number of hydrogen-bond acceptors (Lipinski definition) is 3. The molecule has 1 aromatic heterocycles. The van der Waals surface area contributed by atoms with E-state index in [9.17, 15) is 4.79 Å². The number of halogens is 1. The highest BCUT2D eigenvalue weighted by Gasteiger charge is 2.09. The van der Waals surface area contributed by atoms with Crippen LogP contribution in [0.2, 0.25) is 5.02 Å². The molecule has 0 aliphatic rings. The standard InChI is InChI=1S/C11H10ClN3O/c1-3-7(2)15-11(16)8-4-9(12)10(5-13)14-6-8/h3-4,6H,1-2H3,(H,15,16)/b7-3+. The van der Waals surface area contributed by atoms with Crippen molar-refractivity contribution in [1.82, 2.24) is 10.3 Å². The van der Waals surface area contributed by atoms with Crippen LogP contribution < -0.4 is 5.32 Å². The van der Waals surface area contributed by atoms with Gasteiger partial charge in [-0.15, -0.1) is 0 Å². The van der Waals surface area contributed by atoms with Gasteiger partial charge in [-0.3, -0.25) is 4.79 Å². The molecule has 0 aromatic carbocycles. The number of carbonyl (C=O) groups excluding carboxylic acids is 1. The first-order chi connectivity index (χ1) is 7.58. The van der Waals surface area contributed by atoms with E-state index in [0.717, 1.165) is 5.70 Å². The summed E-state index contributed by atoms with van der Waals surface area (Å²) in [6, 6.07) is 3.25. The zero-order chi connectivity index (χ0) is 12.1. The minimum absolute atomic E-state index is 0.112. The molecule has 16 heavy (non-hydrogen) atoms. The van der Waals surface area contributed by atoms with Crippen molar-refractivity contribution in [3.8, 4) is 6.07 Å². The molecule has 0 bridgehead atoms. The molecular weight excluding hydrogens is 226 g/mol. The summed E-state index contributed by atoms with van der Waals surface area (Å²) >= 11 is 5.76. The number of nitrogens with one attached hydrogen (secondary N) is 1. The minimum Gasteiger partial charge on any atom is -0.326 e. The molecule has 1 rings (SSSR count). The van der Waals surface area contributed by atoms with Gasteiger partial charge in [-0.2, -0.15) is 5.26 Å². The van der Waals surface area contributed by atoms with Gasteiger partial charge in [0, 0.05) is 11.9 Å². The molecule has 0 fully saturated rings. The predicted molar refractivity (Wildman–Crippen MR) is 60.9 cm³/mol. The first kappa shape index (κ1) is 12.2. The number of hydrogen-bond donors (Lipinski definition) is 1. The number of nitriles is 1. The highest BCUT2D eigenvalue weighted by molar-refractivity contribution is 6.31. The number of rotatable bonds is 2. The Bertz CT molecular complexity index is 488. The number of aromatic nitrogens is 1. The molecule has 4 nitrogen and oxygen atoms in total. The van der Waals surface area contributed by atoms with Crippen molar-refractivity contribution >= 4 is 17.5 Å². The first-order valence-corrected chi connectivity index (χ1v) is 4.96. The second-order valence-corrected chi connectivity index (χ2v) is 3.50. The van der Waals surface area contributed by atoms with Crippen LogP contribution in [0.4, 0.5) is 0 Å². The van der Waals surface area contributed by atoms with Crippen LogP contribution in [0.25, 0.3) is 0 Å². The van der Waals surface area contributed by atoms with Gasteiger partial charge in [0.15, 0.2) is 5.69 Å². The average Bonchev–Trinajstić information content (AvgIpc) is 2.28. The Morgan fingerprint density at radius 2 is 2.38 bits per heavy atom. The van der Waals surface area contributed by atoms with Crippen molar-refractivity contribution < 1.29 is 4.79 Å². The van der Waals surface area contributed by atoms with Crippen LogP contribution in [-0.2, 0) is 0 Å². The maximum absolute atomic E-state index is 11.6. The fraction of sp³-hybridized carbons (Fsp3) is 0.182. The summed E-state index contributed by atoms with van der Waals surface area (Å²) in [5.74, 6) is -0.297. The van der Waals surface area contributed by atoms with Gasteiger partial charge in [-0.05, 0) is 19.9 Å². The van der Waals surface area contributed by atoms with E-state index in [0.29, 0.717) is 5.56 Å². The van der Waals surface area contributed by atoms with E-state index in [4.69, 9.17) is 16.9 Å². The summed E-state index contributed by atoms with van der Waals surface area (Å²) in [4.78, 5) is 15.4. The van der Waals surface area contributed by atoms with Crippen LogP contribution in [0, 0.1) is 11.3 Å². The fourth-order valence-electron chi connectivity index (χ4n) is 0.968. The van der Waals surface area contributed by atoms with Gasteiger partial charge in [0.25, 0.3) is 5.91 Å². The number of carbonyl (C=O) groups is 1. The van der Waals surface area contributed by atoms with Gasteiger partial charge in [0.05, 0.1) is 10.6 Å². The second kappa shape index (κ2) is 5.29. The summed E-state index contributed by atoms with van der Waals surface area (Å²) in [6.07, 6.45) is 3.10. The molecule has 0 spiro atoms. The van der Waals surface area contributed by atoms with E-state index >= 15 is 0 Å². The Balaban J connectivity index is 2.95. The third-order valence-electron chi connectivity index (χ3n) is 1.95. The molecule has 0 saturated carbocycles. The Morgan fingerprint density at radius 1 is 1.69 bits per heavy atom. The number of pyridine rings is 1. The molecule has 1 heterocycles. The van der Waals surface area contributed by atoms with Gasteiger partial charge in [0.1, 0.15) is 6.07 Å². The summed E-state index contributed by atoms with van der Waals surface area (Å²) < 4.78 is 0. The van der Waals surface area contributed by atoms with E-state index in [2.05, 4.69) is 10.3 Å². The molecule has 1 N–H and O–H groups in total. The largest absolute Gasteiger partial charge is 0.326 e. The molecular formula is C11H10ClN3O. The highest BCUT2D eigenvalue weighted by Crippen LogP contribution is 2.14. The third-order valence-corrected chi connectivity index (χ3v) is 2.24. The topological polar surface area (TPSA) is 65.8 Å². The van der Waals surface area contributed by atoms with Crippen LogP contribution in [0.5, 0.6) is 0 Å². The monoisotopic (exact) mass is 235 g/mol. The lowest BCUT2D eigenvalue weighted by atomic mass is 10.2. The molecule has 1 amide bonds. The fourth-order valence-corrected chi connectivity index (χ4v) is 1.18. The lowest BCUT2D eigenvalue weighted by Gasteiger charge is -2.04. The van der Waals surface area contributed by atoms with Gasteiger partial charge >= 0.3 is 0 Å². The second-order valence-electron chi connectivity index (χ2n) is 3.09. The average molecular weight is 236 g/mol. The Labute approximate surface area is 98.6 Å². The molecule has 0 unspecified atom stereocenters. The lowest BCUT2D eigenvalue weighted by molar-refractivity contribution is 0.0965. The molecule has 0 atom stereocenters. The third kappa shape index (κ3) is 2.81. The van der Waals surface area contributed by atoms with Crippen molar-refractivity contribution in [1.29, 1.82) is 5.26 Å². The van der Waals surface area contributed by atoms with Crippen LogP contribution >= 0.6 is 11.6 Å². The zero-order valence-electron chi connectivity index (χ0n) is 8.91. The number of amides is 1. The van der Waals surface area contributed by atoms with Crippen molar-refractivity contribution in [3.05, 3.63) is 40.3 Å². The quantitative estimate of drug-likeness (QED) is 0.855. The molecule has 0 radical (unpaired) electrons. The SMILES string of the molecule is C/C=C(\C)NC(=O)c1cnc(C#N)c(Cl)c1. The Morgan fingerprint density at radius 3 is 2.88 bits per heavy atom. The first-order valence-electron chi connectivity index (χ1n) is 4.58. The summed E-state index contributed by atoms with van der Waals surface area (Å²) in [5.41, 5.74) is 1.18. The van der Waals surface area contributed by atoms with Crippen LogP contribution in [0.3, 0.4) is 0 Å². The maximum atomic E-state index is 11.6. The van der Waals surface area contributed by atoms with E-state index < -0.39 is 0 Å². The molecule has 5 heteroatoms. The molecule has 82 valence electrons. The Hall–Kier alpha value is -1.86. The number of allylic oxidation sites excluding steroid dienone is 2. The van der Waals surface area contributed by atoms with Crippen molar-refractivity contribution in [2.45, 2.75) is 13.8 Å². The molecule has 1 aromatic rings. The minimum atomic E-state index is -0.297. The lowest BCUT2D eigenvalue weighted by Crippen LogP contribution is -2.21. The van der Waals surface area contributed by atoms with E-state index in [1.807, 2.05) is 13.0 Å². The van der Waals surface area contributed by atoms with Crippen LogP contribution in [0.15, 0.2) is 24.0 Å². The smallest absolute Gasteiger partial charge is 0.257 e. The summed E-state index contributed by atoms with van der Waals surface area (Å²) in [6.45, 7) is 3.59. The van der Waals surface area contributed by atoms with Gasteiger partial charge in [-0.1, -0.05) is 17.7 Å². The van der Waals surface area contributed by atoms with E-state index in [1.165, 1.54) is 12.3 Å². The number of nitrogens with zero attached hydrogens (tertiary/aromatic N) is 2. The van der Waals surface area contributed by atoms with Crippen molar-refractivity contribution in [3.63, 3.8) is 0 Å². The zero-order valence-corrected chi connectivity index (χ0v) is 9.67. The van der Waals surface area contributed by atoms with Crippen molar-refractivity contribution in [2.75, 3.05) is 0 Å².